The van der Waals surface area contributed by atoms with Crippen LogP contribution in [0, 0.1) is 25.2 Å². The molecule has 2 aromatic rings. The fraction of sp³-hybridized carbons (Fsp3) is 0.364. The Balaban J connectivity index is 1.43. The second-order valence-corrected chi connectivity index (χ2v) is 7.04. The van der Waals surface area contributed by atoms with E-state index >= 15 is 0 Å². The highest BCUT2D eigenvalue weighted by Crippen LogP contribution is 2.25. The summed E-state index contributed by atoms with van der Waals surface area (Å²) >= 11 is 0. The van der Waals surface area contributed by atoms with Crippen molar-refractivity contribution in [2.45, 2.75) is 13.8 Å². The second kappa shape index (κ2) is 9.36. The molecule has 6 nitrogen and oxygen atoms in total. The lowest BCUT2D eigenvalue weighted by molar-refractivity contribution is -0.117. The number of carbonyl (C=O) groups is 1. The molecule has 0 radical (unpaired) electrons. The molecular weight excluding hydrogens is 352 g/mol. The average molecular weight is 378 g/mol. The molecule has 0 atom stereocenters. The second-order valence-electron chi connectivity index (χ2n) is 7.04. The van der Waals surface area contributed by atoms with E-state index < -0.39 is 0 Å². The number of piperazine rings is 1. The number of anilines is 1. The maximum absolute atomic E-state index is 12.3. The van der Waals surface area contributed by atoms with Gasteiger partial charge in [-0.2, -0.15) is 5.26 Å². The third kappa shape index (κ3) is 5.10. The Kier molecular flexibility index (Phi) is 6.64. The van der Waals surface area contributed by atoms with Gasteiger partial charge in [0.1, 0.15) is 17.4 Å². The van der Waals surface area contributed by atoms with Crippen LogP contribution >= 0.6 is 0 Å². The van der Waals surface area contributed by atoms with Gasteiger partial charge in [0.25, 0.3) is 0 Å². The van der Waals surface area contributed by atoms with E-state index in [1.807, 2.05) is 25.1 Å². The summed E-state index contributed by atoms with van der Waals surface area (Å²) in [5, 5.41) is 12.0. The van der Waals surface area contributed by atoms with E-state index in [1.54, 1.807) is 6.92 Å². The number of nitrogens with one attached hydrogen (secondary N) is 1. The molecule has 2 heterocycles. The molecule has 0 bridgehead atoms. The molecule has 3 rings (SSSR count). The van der Waals surface area contributed by atoms with Crippen molar-refractivity contribution in [3.8, 4) is 6.07 Å². The van der Waals surface area contributed by atoms with E-state index in [4.69, 9.17) is 4.42 Å². The summed E-state index contributed by atoms with van der Waals surface area (Å²) in [5.74, 6) is 0.763. The van der Waals surface area contributed by atoms with Crippen LogP contribution in [0.1, 0.15) is 22.5 Å². The molecule has 1 amide bonds. The van der Waals surface area contributed by atoms with Gasteiger partial charge in [0.2, 0.25) is 11.8 Å². The van der Waals surface area contributed by atoms with Gasteiger partial charge < -0.3 is 4.42 Å². The zero-order valence-electron chi connectivity index (χ0n) is 16.4. The molecule has 6 heteroatoms. The normalized spacial score (nSPS) is 15.6. The molecule has 1 aromatic carbocycles. The highest BCUT2D eigenvalue weighted by molar-refractivity contribution is 5.92. The zero-order valence-corrected chi connectivity index (χ0v) is 16.4. The molecule has 0 spiro atoms. The summed E-state index contributed by atoms with van der Waals surface area (Å²) < 4.78 is 5.51. The van der Waals surface area contributed by atoms with Gasteiger partial charge in [-0.3, -0.25) is 19.9 Å². The number of nitriles is 1. The quantitative estimate of drug-likeness (QED) is 0.836. The van der Waals surface area contributed by atoms with E-state index in [0.717, 1.165) is 38.3 Å². The van der Waals surface area contributed by atoms with Crippen LogP contribution in [0.3, 0.4) is 0 Å². The molecule has 1 aliphatic heterocycles. The average Bonchev–Trinajstić information content (AvgIpc) is 2.96. The van der Waals surface area contributed by atoms with Gasteiger partial charge in [0.15, 0.2) is 0 Å². The maximum atomic E-state index is 12.3. The van der Waals surface area contributed by atoms with Crippen LogP contribution < -0.4 is 5.32 Å². The lowest BCUT2D eigenvalue weighted by atomic mass is 10.2. The molecule has 0 saturated carbocycles. The van der Waals surface area contributed by atoms with Gasteiger partial charge in [-0.15, -0.1) is 0 Å². The van der Waals surface area contributed by atoms with Gasteiger partial charge in [0, 0.05) is 38.3 Å². The summed E-state index contributed by atoms with van der Waals surface area (Å²) in [7, 11) is 0. The van der Waals surface area contributed by atoms with Crippen LogP contribution in [0.15, 0.2) is 40.8 Å². The van der Waals surface area contributed by atoms with Gasteiger partial charge in [-0.1, -0.05) is 42.5 Å². The number of rotatable bonds is 6. The number of benzene rings is 1. The standard InChI is InChI=1S/C22H26N4O2/c1-17-18(2)28-22(20(17)15-23)24-21(27)16-26-13-11-25(12-14-26)10-6-9-19-7-4-3-5-8-19/h3-9H,10-14,16H2,1-2H3,(H,24,27)/b9-6+. The van der Waals surface area contributed by atoms with Crippen LogP contribution in [0.5, 0.6) is 0 Å². The molecule has 0 unspecified atom stereocenters. The molecule has 146 valence electrons. The van der Waals surface area contributed by atoms with Crippen molar-refractivity contribution in [2.24, 2.45) is 0 Å². The predicted molar refractivity (Wildman–Crippen MR) is 110 cm³/mol. The summed E-state index contributed by atoms with van der Waals surface area (Å²) in [4.78, 5) is 16.8. The van der Waals surface area contributed by atoms with Crippen molar-refractivity contribution >= 4 is 17.9 Å². The highest BCUT2D eigenvalue weighted by Gasteiger charge is 2.21. The van der Waals surface area contributed by atoms with Crippen molar-refractivity contribution in [3.05, 3.63) is 58.9 Å². The van der Waals surface area contributed by atoms with Crippen LogP contribution in [-0.2, 0) is 4.79 Å². The molecule has 28 heavy (non-hydrogen) atoms. The number of furan rings is 1. The molecule has 1 fully saturated rings. The number of nitrogens with zero attached hydrogens (tertiary/aromatic N) is 3. The minimum absolute atomic E-state index is 0.150. The lowest BCUT2D eigenvalue weighted by Crippen LogP contribution is -2.48. The lowest BCUT2D eigenvalue weighted by Gasteiger charge is -2.33. The third-order valence-electron chi connectivity index (χ3n) is 5.06. The van der Waals surface area contributed by atoms with Crippen LogP contribution in [0.25, 0.3) is 6.08 Å². The first-order chi connectivity index (χ1) is 13.6. The first-order valence-corrected chi connectivity index (χ1v) is 9.53. The first kappa shape index (κ1) is 19.9. The Labute approximate surface area is 166 Å². The van der Waals surface area contributed by atoms with Crippen LogP contribution in [-0.4, -0.2) is 55.0 Å². The number of hydrogen-bond donors (Lipinski definition) is 1. The Morgan fingerprint density at radius 1 is 1.18 bits per heavy atom. The number of hydrogen-bond acceptors (Lipinski definition) is 5. The van der Waals surface area contributed by atoms with Crippen molar-refractivity contribution < 1.29 is 9.21 Å². The smallest absolute Gasteiger partial charge is 0.240 e. The summed E-state index contributed by atoms with van der Waals surface area (Å²) in [6.07, 6.45) is 4.32. The summed E-state index contributed by atoms with van der Waals surface area (Å²) in [6, 6.07) is 12.4. The molecule has 1 N–H and O–H groups in total. The minimum atomic E-state index is -0.150. The highest BCUT2D eigenvalue weighted by atomic mass is 16.4. The van der Waals surface area contributed by atoms with Crippen molar-refractivity contribution in [2.75, 3.05) is 44.6 Å². The molecule has 1 aromatic heterocycles. The molecule has 0 aliphatic carbocycles. The van der Waals surface area contributed by atoms with Crippen LogP contribution in [0.4, 0.5) is 5.88 Å². The van der Waals surface area contributed by atoms with E-state index in [1.165, 1.54) is 5.56 Å². The monoisotopic (exact) mass is 378 g/mol. The fourth-order valence-electron chi connectivity index (χ4n) is 3.25. The third-order valence-corrected chi connectivity index (χ3v) is 5.06. The van der Waals surface area contributed by atoms with Crippen molar-refractivity contribution in [3.63, 3.8) is 0 Å². The van der Waals surface area contributed by atoms with E-state index in [9.17, 15) is 10.1 Å². The van der Waals surface area contributed by atoms with Gasteiger partial charge in [0.05, 0.1) is 6.54 Å². The zero-order chi connectivity index (χ0) is 19.9. The maximum Gasteiger partial charge on any atom is 0.240 e. The van der Waals surface area contributed by atoms with E-state index in [-0.39, 0.29) is 11.8 Å². The molecule has 1 aliphatic rings. The first-order valence-electron chi connectivity index (χ1n) is 9.53. The summed E-state index contributed by atoms with van der Waals surface area (Å²) in [5.41, 5.74) is 2.38. The van der Waals surface area contributed by atoms with Gasteiger partial charge in [-0.05, 0) is 19.4 Å². The van der Waals surface area contributed by atoms with E-state index in [0.29, 0.717) is 17.9 Å². The van der Waals surface area contributed by atoms with Crippen LogP contribution in [0.2, 0.25) is 0 Å². The van der Waals surface area contributed by atoms with Gasteiger partial charge >= 0.3 is 0 Å². The summed E-state index contributed by atoms with van der Waals surface area (Å²) in [6.45, 7) is 8.35. The minimum Gasteiger partial charge on any atom is -0.444 e. The Morgan fingerprint density at radius 2 is 1.86 bits per heavy atom. The Morgan fingerprint density at radius 3 is 2.54 bits per heavy atom. The van der Waals surface area contributed by atoms with Crippen molar-refractivity contribution in [1.29, 1.82) is 5.26 Å². The van der Waals surface area contributed by atoms with Crippen molar-refractivity contribution in [1.82, 2.24) is 9.80 Å². The molecular formula is C22H26N4O2. The number of amides is 1. The van der Waals surface area contributed by atoms with Gasteiger partial charge in [-0.25, -0.2) is 0 Å². The predicted octanol–water partition coefficient (Wildman–Crippen LogP) is 3.04. The fourth-order valence-corrected chi connectivity index (χ4v) is 3.25. The Hall–Kier alpha value is -2.88. The number of carbonyl (C=O) groups excluding carboxylic acids is 1. The number of aryl methyl sites for hydroxylation is 1. The largest absolute Gasteiger partial charge is 0.444 e. The topological polar surface area (TPSA) is 72.5 Å². The SMILES string of the molecule is Cc1oc(NC(=O)CN2CCN(C/C=C/c3ccccc3)CC2)c(C#N)c1C. The Bertz CT molecular complexity index is 872. The van der Waals surface area contributed by atoms with E-state index in [2.05, 4.69) is 45.5 Å². The molecule has 1 saturated heterocycles.